The van der Waals surface area contributed by atoms with Gasteiger partial charge in [0.25, 0.3) is 0 Å². The lowest BCUT2D eigenvalue weighted by Gasteiger charge is -2.06. The van der Waals surface area contributed by atoms with E-state index in [1.165, 1.54) is 22.3 Å². The van der Waals surface area contributed by atoms with Gasteiger partial charge in [-0.3, -0.25) is 0 Å². The number of rotatable bonds is 2. The van der Waals surface area contributed by atoms with Crippen molar-refractivity contribution >= 4 is 0 Å². The number of nitrogens with zero attached hydrogens (tertiary/aromatic N) is 2. The Morgan fingerprint density at radius 3 is 2.25 bits per heavy atom. The van der Waals surface area contributed by atoms with Crippen LogP contribution in [0.25, 0.3) is 16.8 Å². The molecule has 0 saturated carbocycles. The second-order valence-corrected chi connectivity index (χ2v) is 5.33. The van der Waals surface area contributed by atoms with Crippen LogP contribution >= 0.6 is 0 Å². The highest BCUT2D eigenvalue weighted by molar-refractivity contribution is 5.62. The summed E-state index contributed by atoms with van der Waals surface area (Å²) in [5, 5.41) is 4.50. The van der Waals surface area contributed by atoms with E-state index in [4.69, 9.17) is 0 Å². The van der Waals surface area contributed by atoms with Gasteiger partial charge in [0.1, 0.15) is 0 Å². The molecule has 3 rings (SSSR count). The van der Waals surface area contributed by atoms with Crippen molar-refractivity contribution in [2.75, 3.05) is 0 Å². The average Bonchev–Trinajstić information content (AvgIpc) is 2.92. The first-order valence-corrected chi connectivity index (χ1v) is 6.83. The largest absolute Gasteiger partial charge is 0.240 e. The van der Waals surface area contributed by atoms with E-state index in [1.807, 2.05) is 10.9 Å². The summed E-state index contributed by atoms with van der Waals surface area (Å²) >= 11 is 0. The summed E-state index contributed by atoms with van der Waals surface area (Å²) in [6, 6.07) is 15.0. The van der Waals surface area contributed by atoms with E-state index in [-0.39, 0.29) is 0 Å². The third-order valence-corrected chi connectivity index (χ3v) is 3.58. The summed E-state index contributed by atoms with van der Waals surface area (Å²) < 4.78 is 1.96. The second-order valence-electron chi connectivity index (χ2n) is 5.33. The molecular formula is C18H18N2. The van der Waals surface area contributed by atoms with Crippen LogP contribution in [0.3, 0.4) is 0 Å². The number of hydrogen-bond acceptors (Lipinski definition) is 1. The summed E-state index contributed by atoms with van der Waals surface area (Å²) in [6.45, 7) is 6.32. The van der Waals surface area contributed by atoms with Crippen molar-refractivity contribution in [2.45, 2.75) is 20.8 Å². The van der Waals surface area contributed by atoms with Crippen LogP contribution in [0.5, 0.6) is 0 Å². The predicted molar refractivity (Wildman–Crippen MR) is 83.2 cm³/mol. The van der Waals surface area contributed by atoms with Crippen LogP contribution in [0.15, 0.2) is 54.9 Å². The van der Waals surface area contributed by atoms with E-state index < -0.39 is 0 Å². The maximum Gasteiger partial charge on any atom is 0.0677 e. The van der Waals surface area contributed by atoms with E-state index in [2.05, 4.69) is 74.5 Å². The fourth-order valence-corrected chi connectivity index (χ4v) is 2.32. The highest BCUT2D eigenvalue weighted by Gasteiger charge is 2.05. The van der Waals surface area contributed by atoms with Crippen molar-refractivity contribution in [3.8, 4) is 16.8 Å². The maximum absolute atomic E-state index is 4.50. The van der Waals surface area contributed by atoms with Gasteiger partial charge in [0.15, 0.2) is 0 Å². The molecule has 0 N–H and O–H groups in total. The SMILES string of the molecule is Cc1ccc(-c2cnn(-c3cc(C)ccc3C)c2)cc1. The normalized spacial score (nSPS) is 10.8. The predicted octanol–water partition coefficient (Wildman–Crippen LogP) is 4.46. The Kier molecular flexibility index (Phi) is 3.15. The highest BCUT2D eigenvalue weighted by Crippen LogP contribution is 2.22. The molecule has 0 atom stereocenters. The molecule has 0 unspecified atom stereocenters. The number of benzene rings is 2. The summed E-state index contributed by atoms with van der Waals surface area (Å²) in [6.07, 6.45) is 4.01. The zero-order valence-corrected chi connectivity index (χ0v) is 12.1. The zero-order valence-electron chi connectivity index (χ0n) is 12.1. The molecule has 1 heterocycles. The van der Waals surface area contributed by atoms with Gasteiger partial charge >= 0.3 is 0 Å². The molecule has 0 saturated heterocycles. The van der Waals surface area contributed by atoms with Gasteiger partial charge in [-0.2, -0.15) is 5.10 Å². The molecule has 2 aromatic carbocycles. The number of hydrogen-bond donors (Lipinski definition) is 0. The smallest absolute Gasteiger partial charge is 0.0677 e. The summed E-state index contributed by atoms with van der Waals surface area (Å²) in [7, 11) is 0. The topological polar surface area (TPSA) is 17.8 Å². The average molecular weight is 262 g/mol. The van der Waals surface area contributed by atoms with Crippen molar-refractivity contribution in [1.82, 2.24) is 9.78 Å². The Hall–Kier alpha value is -2.35. The Morgan fingerprint density at radius 1 is 0.800 bits per heavy atom. The number of aromatic nitrogens is 2. The molecule has 3 aromatic rings. The Labute approximate surface area is 119 Å². The van der Waals surface area contributed by atoms with Gasteiger partial charge in [0.05, 0.1) is 11.9 Å². The molecule has 1 aromatic heterocycles. The van der Waals surface area contributed by atoms with Gasteiger partial charge in [-0.1, -0.05) is 42.0 Å². The minimum absolute atomic E-state index is 1.14. The Morgan fingerprint density at radius 2 is 1.50 bits per heavy atom. The fraction of sp³-hybridized carbons (Fsp3) is 0.167. The zero-order chi connectivity index (χ0) is 14.1. The molecule has 0 aliphatic heterocycles. The van der Waals surface area contributed by atoms with E-state index in [9.17, 15) is 0 Å². The molecule has 0 bridgehead atoms. The van der Waals surface area contributed by atoms with Crippen LogP contribution in [0.1, 0.15) is 16.7 Å². The van der Waals surface area contributed by atoms with Gasteiger partial charge in [-0.25, -0.2) is 4.68 Å². The first kappa shape index (κ1) is 12.7. The fourth-order valence-electron chi connectivity index (χ4n) is 2.32. The summed E-state index contributed by atoms with van der Waals surface area (Å²) in [5.74, 6) is 0. The minimum Gasteiger partial charge on any atom is -0.240 e. The van der Waals surface area contributed by atoms with Gasteiger partial charge in [0, 0.05) is 11.8 Å². The molecule has 0 radical (unpaired) electrons. The third-order valence-electron chi connectivity index (χ3n) is 3.58. The van der Waals surface area contributed by atoms with Gasteiger partial charge in [-0.15, -0.1) is 0 Å². The van der Waals surface area contributed by atoms with Crippen molar-refractivity contribution in [2.24, 2.45) is 0 Å². The first-order valence-electron chi connectivity index (χ1n) is 6.83. The van der Waals surface area contributed by atoms with Crippen LogP contribution in [0, 0.1) is 20.8 Å². The summed E-state index contributed by atoms with van der Waals surface area (Å²) in [4.78, 5) is 0. The lowest BCUT2D eigenvalue weighted by atomic mass is 10.1. The lowest BCUT2D eigenvalue weighted by Crippen LogP contribution is -1.97. The van der Waals surface area contributed by atoms with Crippen molar-refractivity contribution in [1.29, 1.82) is 0 Å². The van der Waals surface area contributed by atoms with Crippen LogP contribution in [-0.2, 0) is 0 Å². The second kappa shape index (κ2) is 4.97. The van der Waals surface area contributed by atoms with Crippen molar-refractivity contribution in [3.63, 3.8) is 0 Å². The quantitative estimate of drug-likeness (QED) is 0.666. The molecule has 20 heavy (non-hydrogen) atoms. The van der Waals surface area contributed by atoms with Crippen molar-refractivity contribution < 1.29 is 0 Å². The molecule has 0 aliphatic carbocycles. The van der Waals surface area contributed by atoms with Crippen LogP contribution in [0.2, 0.25) is 0 Å². The van der Waals surface area contributed by atoms with Gasteiger partial charge in [0.2, 0.25) is 0 Å². The van der Waals surface area contributed by atoms with Crippen molar-refractivity contribution in [3.05, 3.63) is 71.5 Å². The van der Waals surface area contributed by atoms with E-state index >= 15 is 0 Å². The van der Waals surface area contributed by atoms with Gasteiger partial charge in [-0.05, 0) is 43.5 Å². The molecule has 0 fully saturated rings. The molecule has 0 spiro atoms. The molecule has 0 aliphatic rings. The molecule has 0 amide bonds. The monoisotopic (exact) mass is 262 g/mol. The standard InChI is InChI=1S/C18H18N2/c1-13-5-8-16(9-6-13)17-11-19-20(12-17)18-10-14(2)4-7-15(18)3/h4-12H,1-3H3. The lowest BCUT2D eigenvalue weighted by molar-refractivity contribution is 0.871. The van der Waals surface area contributed by atoms with Crippen LogP contribution in [0.4, 0.5) is 0 Å². The Balaban J connectivity index is 2.01. The van der Waals surface area contributed by atoms with Crippen LogP contribution in [-0.4, -0.2) is 9.78 Å². The van der Waals surface area contributed by atoms with E-state index in [0.717, 1.165) is 11.3 Å². The first-order chi connectivity index (χ1) is 9.63. The van der Waals surface area contributed by atoms with E-state index in [0.29, 0.717) is 0 Å². The van der Waals surface area contributed by atoms with Gasteiger partial charge < -0.3 is 0 Å². The Bertz CT molecular complexity index is 736. The maximum atomic E-state index is 4.50. The molecule has 100 valence electrons. The summed E-state index contributed by atoms with van der Waals surface area (Å²) in [5.41, 5.74) is 7.24. The van der Waals surface area contributed by atoms with E-state index in [1.54, 1.807) is 0 Å². The minimum atomic E-state index is 1.14. The highest BCUT2D eigenvalue weighted by atomic mass is 15.3. The number of aryl methyl sites for hydroxylation is 3. The van der Waals surface area contributed by atoms with Crippen LogP contribution < -0.4 is 0 Å². The molecule has 2 heteroatoms. The molecular weight excluding hydrogens is 244 g/mol. The third kappa shape index (κ3) is 2.37. The molecule has 2 nitrogen and oxygen atoms in total.